The van der Waals surface area contributed by atoms with Crippen molar-refractivity contribution in [3.63, 3.8) is 0 Å². The molecule has 0 saturated heterocycles. The van der Waals surface area contributed by atoms with Gasteiger partial charge in [0.2, 0.25) is 0 Å². The number of hydrogen-bond donors (Lipinski definition) is 2. The Morgan fingerprint density at radius 2 is 2.03 bits per heavy atom. The Hall–Kier alpha value is -3.02. The highest BCUT2D eigenvalue weighted by Crippen LogP contribution is 2.50. The summed E-state index contributed by atoms with van der Waals surface area (Å²) in [6, 6.07) is 4.76. The van der Waals surface area contributed by atoms with Crippen LogP contribution < -0.4 is 5.73 Å². The number of amidine groups is 1. The van der Waals surface area contributed by atoms with Crippen LogP contribution in [-0.2, 0) is 4.74 Å². The number of aliphatic imine (C=N–C) groups is 1. The third kappa shape index (κ3) is 4.36. The molecule has 0 saturated carbocycles. The van der Waals surface area contributed by atoms with Gasteiger partial charge in [-0.15, -0.1) is 0 Å². The van der Waals surface area contributed by atoms with Gasteiger partial charge in [0.05, 0.1) is 6.61 Å². The average Bonchev–Trinajstić information content (AvgIpc) is 2.67. The summed E-state index contributed by atoms with van der Waals surface area (Å²) in [5.41, 5.74) is 5.42. The summed E-state index contributed by atoms with van der Waals surface area (Å²) in [5, 5.41) is 8.32. The van der Waals surface area contributed by atoms with Gasteiger partial charge >= 0.3 is 5.97 Å². The van der Waals surface area contributed by atoms with E-state index in [0.717, 1.165) is 0 Å². The van der Waals surface area contributed by atoms with Gasteiger partial charge in [0.15, 0.2) is 22.9 Å². The number of carboxylic acid groups (broad SMARTS) is 1. The van der Waals surface area contributed by atoms with E-state index in [2.05, 4.69) is 9.98 Å². The monoisotopic (exact) mass is 419 g/mol. The minimum absolute atomic E-state index is 0.0810. The molecule has 2 heterocycles. The fraction of sp³-hybridized carbons (Fsp3) is 0.353. The van der Waals surface area contributed by atoms with Gasteiger partial charge in [-0.1, -0.05) is 6.07 Å². The van der Waals surface area contributed by atoms with Crippen LogP contribution in [0.25, 0.3) is 5.73 Å². The second kappa shape index (κ2) is 8.55. The molecule has 0 fully saturated rings. The topological polar surface area (TPSA) is 122 Å². The minimum Gasteiger partial charge on any atom is -0.702 e. The molecule has 0 radical (unpaired) electrons. The zero-order valence-electron chi connectivity index (χ0n) is 14.7. The highest BCUT2D eigenvalue weighted by molar-refractivity contribution is 5.85. The highest BCUT2D eigenvalue weighted by atomic mass is 19.3. The van der Waals surface area contributed by atoms with Gasteiger partial charge in [0, 0.05) is 6.20 Å². The Morgan fingerprint density at radius 3 is 2.52 bits per heavy atom. The van der Waals surface area contributed by atoms with Crippen LogP contribution in [0.5, 0.6) is 0 Å². The zero-order valence-corrected chi connectivity index (χ0v) is 14.7. The molecule has 2 atom stereocenters. The number of carboxylic acids is 1. The number of nitrogens with two attached hydrogens (primary N) is 1. The predicted octanol–water partition coefficient (Wildman–Crippen LogP) is 3.36. The zero-order chi connectivity index (χ0) is 21.8. The van der Waals surface area contributed by atoms with Crippen molar-refractivity contribution >= 4 is 11.8 Å². The van der Waals surface area contributed by atoms with Crippen molar-refractivity contribution in [3.8, 4) is 0 Å². The normalized spacial score (nSPS) is 27.0. The largest absolute Gasteiger partial charge is 0.702 e. The molecule has 1 aromatic heterocycles. The molecular weight excluding hydrogens is 403 g/mol. The lowest BCUT2D eigenvalue weighted by molar-refractivity contribution is -0.0891. The minimum atomic E-state index is -3.51. The molecule has 2 aliphatic rings. The van der Waals surface area contributed by atoms with E-state index in [1.54, 1.807) is 12.1 Å². The number of aromatic nitrogens is 1. The summed E-state index contributed by atoms with van der Waals surface area (Å²) in [6.07, 6.45) is -2.68. The number of allylic oxidation sites excluding steroid dienone is 3. The average molecular weight is 419 g/mol. The molecule has 29 heavy (non-hydrogen) atoms. The van der Waals surface area contributed by atoms with Gasteiger partial charge < -0.3 is 21.3 Å². The molecule has 4 N–H and O–H groups in total. The molecule has 1 aliphatic carbocycles. The van der Waals surface area contributed by atoms with Crippen LogP contribution in [0.2, 0.25) is 0 Å². The van der Waals surface area contributed by atoms with Crippen molar-refractivity contribution in [2.75, 3.05) is 13.2 Å². The Bertz CT molecular complexity index is 862. The lowest BCUT2D eigenvalue weighted by Gasteiger charge is -2.44. The summed E-state index contributed by atoms with van der Waals surface area (Å²) < 4.78 is 73.4. The van der Waals surface area contributed by atoms with Crippen LogP contribution in [0.3, 0.4) is 0 Å². The SMILES string of the molecule is O=C(O)c1ccccn1.[NH-]C1=CC(F)=C(F)C(F)([C@@]2(C(F)F)COCC(N)=N2)C1. The van der Waals surface area contributed by atoms with Crippen molar-refractivity contribution in [1.29, 1.82) is 0 Å². The van der Waals surface area contributed by atoms with Gasteiger partial charge in [-0.05, 0) is 24.6 Å². The quantitative estimate of drug-likeness (QED) is 0.728. The van der Waals surface area contributed by atoms with E-state index in [-0.39, 0.29) is 12.3 Å². The summed E-state index contributed by atoms with van der Waals surface area (Å²) in [6.45, 7) is -1.27. The van der Waals surface area contributed by atoms with Crippen LogP contribution in [0.15, 0.2) is 52.8 Å². The summed E-state index contributed by atoms with van der Waals surface area (Å²) in [4.78, 5) is 17.0. The molecule has 7 nitrogen and oxygen atoms in total. The third-order valence-electron chi connectivity index (χ3n) is 4.14. The van der Waals surface area contributed by atoms with Crippen LogP contribution in [0.1, 0.15) is 16.9 Å². The molecular formula is C17H16F5N4O3-. The molecule has 0 aromatic carbocycles. The molecule has 1 unspecified atom stereocenters. The number of ether oxygens (including phenoxy) is 1. The molecule has 0 amide bonds. The fourth-order valence-electron chi connectivity index (χ4n) is 2.75. The summed E-state index contributed by atoms with van der Waals surface area (Å²) in [7, 11) is 0. The van der Waals surface area contributed by atoms with Crippen molar-refractivity contribution < 1.29 is 36.6 Å². The van der Waals surface area contributed by atoms with Crippen molar-refractivity contribution in [2.24, 2.45) is 10.7 Å². The van der Waals surface area contributed by atoms with Gasteiger partial charge in [-0.3, -0.25) is 4.99 Å². The van der Waals surface area contributed by atoms with E-state index in [1.807, 2.05) is 0 Å². The lowest BCUT2D eigenvalue weighted by atomic mass is 9.75. The van der Waals surface area contributed by atoms with E-state index in [9.17, 15) is 26.7 Å². The molecule has 1 aromatic rings. The second-order valence-electron chi connectivity index (χ2n) is 6.15. The van der Waals surface area contributed by atoms with Crippen molar-refractivity contribution in [2.45, 2.75) is 24.1 Å². The standard InChI is InChI=1S/C11H11F5N3O.C6H5NO2/c12-6-1-5(17)2-10(16,8(6)13)11(9(14)15)4-20-3-7(18)19-11;8-6(9)5-3-1-2-4-7-5/h1,9,17H,2-4H2,(H2,18,19);1-4H,(H,8,9)/q-1;/t10?,11-;/m0./s1. The predicted molar refractivity (Wildman–Crippen MR) is 92.5 cm³/mol. The number of aromatic carboxylic acids is 1. The molecule has 0 spiro atoms. The van der Waals surface area contributed by atoms with Crippen molar-refractivity contribution in [1.82, 2.24) is 4.98 Å². The first-order valence-corrected chi connectivity index (χ1v) is 8.05. The number of rotatable bonds is 3. The molecule has 0 bridgehead atoms. The number of hydrogen-bond acceptors (Lipinski definition) is 5. The van der Waals surface area contributed by atoms with E-state index in [4.69, 9.17) is 21.3 Å². The maximum atomic E-state index is 14.9. The molecule has 12 heteroatoms. The molecule has 1 aliphatic heterocycles. The maximum Gasteiger partial charge on any atom is 0.354 e. The van der Waals surface area contributed by atoms with Crippen LogP contribution >= 0.6 is 0 Å². The number of halogens is 5. The van der Waals surface area contributed by atoms with Gasteiger partial charge in [-0.25, -0.2) is 31.7 Å². The number of pyridine rings is 1. The van der Waals surface area contributed by atoms with E-state index < -0.39 is 59.8 Å². The Kier molecular flexibility index (Phi) is 6.57. The second-order valence-corrected chi connectivity index (χ2v) is 6.15. The van der Waals surface area contributed by atoms with Gasteiger partial charge in [0.1, 0.15) is 18.1 Å². The smallest absolute Gasteiger partial charge is 0.354 e. The number of nitrogens with zero attached hydrogens (tertiary/aromatic N) is 2. The summed E-state index contributed by atoms with van der Waals surface area (Å²) in [5.74, 6) is -5.16. The van der Waals surface area contributed by atoms with Gasteiger partial charge in [-0.2, -0.15) is 5.70 Å². The van der Waals surface area contributed by atoms with E-state index in [0.29, 0.717) is 6.08 Å². The Labute approximate surface area is 161 Å². The van der Waals surface area contributed by atoms with E-state index in [1.165, 1.54) is 12.3 Å². The van der Waals surface area contributed by atoms with Crippen LogP contribution in [0, 0.1) is 0 Å². The maximum absolute atomic E-state index is 14.9. The third-order valence-corrected chi connectivity index (χ3v) is 4.14. The highest BCUT2D eigenvalue weighted by Gasteiger charge is 2.64. The number of nitrogens with one attached hydrogen (secondary N) is 1. The Morgan fingerprint density at radius 1 is 1.34 bits per heavy atom. The first-order chi connectivity index (χ1) is 13.5. The Balaban J connectivity index is 0.000000278. The van der Waals surface area contributed by atoms with Crippen molar-refractivity contribution in [3.05, 3.63) is 59.3 Å². The first-order valence-electron chi connectivity index (χ1n) is 8.05. The molecule has 3 rings (SSSR count). The first kappa shape index (κ1) is 22.3. The van der Waals surface area contributed by atoms with Crippen LogP contribution in [-0.4, -0.2) is 52.7 Å². The fourth-order valence-corrected chi connectivity index (χ4v) is 2.75. The molecule has 158 valence electrons. The van der Waals surface area contributed by atoms with Crippen LogP contribution in [0.4, 0.5) is 22.0 Å². The summed E-state index contributed by atoms with van der Waals surface area (Å²) >= 11 is 0. The number of alkyl halides is 3. The van der Waals surface area contributed by atoms with E-state index >= 15 is 0 Å². The van der Waals surface area contributed by atoms with Gasteiger partial charge in [0.25, 0.3) is 6.43 Å². The number of carbonyl (C=O) groups is 1. The lowest BCUT2D eigenvalue weighted by Crippen LogP contribution is -2.62.